The molecule has 0 saturated carbocycles. The van der Waals surface area contributed by atoms with Crippen molar-refractivity contribution in [3.05, 3.63) is 80.9 Å². The third-order valence-corrected chi connectivity index (χ3v) is 6.48. The molecule has 4 atom stereocenters. The summed E-state index contributed by atoms with van der Waals surface area (Å²) in [6, 6.07) is 9.20. The van der Waals surface area contributed by atoms with Crippen molar-refractivity contribution in [1.29, 1.82) is 0 Å². The van der Waals surface area contributed by atoms with Gasteiger partial charge in [0.15, 0.2) is 12.3 Å². The van der Waals surface area contributed by atoms with E-state index in [0.29, 0.717) is 0 Å². The van der Waals surface area contributed by atoms with Gasteiger partial charge in [-0.2, -0.15) is 0 Å². The summed E-state index contributed by atoms with van der Waals surface area (Å²) in [4.78, 5) is 38.3. The number of H-pyrrole nitrogens is 1. The number of aliphatic hydroxyl groups is 1. The van der Waals surface area contributed by atoms with Crippen molar-refractivity contribution >= 4 is 13.6 Å². The molecular weight excluding hydrogens is 455 g/mol. The second-order valence-electron chi connectivity index (χ2n) is 6.95. The summed E-state index contributed by atoms with van der Waals surface area (Å²) < 4.78 is 35.5. The second kappa shape index (κ2) is 10.9. The molecule has 0 aliphatic carbocycles. The highest BCUT2D eigenvalue weighted by Gasteiger charge is 2.47. The second-order valence-corrected chi connectivity index (χ2v) is 8.85. The van der Waals surface area contributed by atoms with Crippen LogP contribution in [0.2, 0.25) is 0 Å². The number of ether oxygens (including phenoxy) is 2. The highest BCUT2D eigenvalue weighted by Crippen LogP contribution is 2.50. The van der Waals surface area contributed by atoms with Crippen LogP contribution in [-0.4, -0.2) is 52.2 Å². The molecule has 0 amide bonds. The first-order valence-electron chi connectivity index (χ1n) is 10.3. The lowest BCUT2D eigenvalue weighted by Gasteiger charge is -2.20. The monoisotopic (exact) mass is 480 g/mol. The Bertz CT molecular complexity index is 1130. The minimum absolute atomic E-state index is 0.123. The van der Waals surface area contributed by atoms with Crippen LogP contribution in [-0.2, 0) is 23.1 Å². The van der Waals surface area contributed by atoms with Crippen molar-refractivity contribution < 1.29 is 33.0 Å². The van der Waals surface area contributed by atoms with Crippen molar-refractivity contribution in [2.24, 2.45) is 0 Å². The molecular formula is C21H25N2O9P. The molecule has 33 heavy (non-hydrogen) atoms. The first-order valence-corrected chi connectivity index (χ1v) is 11.9. The van der Waals surface area contributed by atoms with E-state index in [4.69, 9.17) is 18.5 Å². The molecule has 0 radical (unpaired) electrons. The van der Waals surface area contributed by atoms with E-state index in [1.54, 1.807) is 32.0 Å². The maximum atomic E-state index is 12.8. The van der Waals surface area contributed by atoms with E-state index in [1.165, 1.54) is 24.0 Å². The van der Waals surface area contributed by atoms with Gasteiger partial charge in [-0.3, -0.25) is 18.9 Å². The van der Waals surface area contributed by atoms with E-state index >= 15 is 0 Å². The van der Waals surface area contributed by atoms with E-state index in [9.17, 15) is 24.1 Å². The SMILES string of the molecule is CCOP(=O)(/C=C/[C@H]1O[C@@H](n2ccc(=O)[nH]c2=O)[C@H](O)[C@@H]1OC(=O)c1ccccc1)OCC. The van der Waals surface area contributed by atoms with E-state index in [1.807, 2.05) is 0 Å². The molecule has 1 aromatic heterocycles. The Balaban J connectivity index is 1.93. The number of aromatic nitrogens is 2. The van der Waals surface area contributed by atoms with Crippen molar-refractivity contribution in [2.45, 2.75) is 38.4 Å². The summed E-state index contributed by atoms with van der Waals surface area (Å²) in [6.07, 6.45) is -2.71. The molecule has 11 nitrogen and oxygen atoms in total. The van der Waals surface area contributed by atoms with Crippen molar-refractivity contribution in [3.63, 3.8) is 0 Å². The molecule has 1 aliphatic heterocycles. The highest BCUT2D eigenvalue weighted by molar-refractivity contribution is 7.57. The van der Waals surface area contributed by atoms with E-state index < -0.39 is 49.4 Å². The Hall–Kier alpha value is -2.82. The summed E-state index contributed by atoms with van der Waals surface area (Å²) in [5, 5.41) is 10.9. The fourth-order valence-electron chi connectivity index (χ4n) is 3.26. The van der Waals surface area contributed by atoms with Gasteiger partial charge in [-0.05, 0) is 32.1 Å². The van der Waals surface area contributed by atoms with Crippen LogP contribution in [0, 0.1) is 0 Å². The Labute approximate surface area is 189 Å². The van der Waals surface area contributed by atoms with Crippen LogP contribution in [0.4, 0.5) is 0 Å². The van der Waals surface area contributed by atoms with Crippen LogP contribution >= 0.6 is 7.60 Å². The molecule has 1 fully saturated rings. The van der Waals surface area contributed by atoms with Gasteiger partial charge in [0.2, 0.25) is 0 Å². The lowest BCUT2D eigenvalue weighted by atomic mass is 10.1. The Morgan fingerprint density at radius 1 is 1.18 bits per heavy atom. The lowest BCUT2D eigenvalue weighted by Crippen LogP contribution is -2.39. The zero-order valence-corrected chi connectivity index (χ0v) is 18.9. The van der Waals surface area contributed by atoms with Crippen LogP contribution in [0.3, 0.4) is 0 Å². The molecule has 1 saturated heterocycles. The number of carbonyl (C=O) groups is 1. The van der Waals surface area contributed by atoms with E-state index in [-0.39, 0.29) is 18.8 Å². The quantitative estimate of drug-likeness (QED) is 0.405. The molecule has 0 spiro atoms. The maximum absolute atomic E-state index is 12.8. The molecule has 2 aromatic rings. The normalized spacial score (nSPS) is 23.1. The fourth-order valence-corrected chi connectivity index (χ4v) is 4.61. The summed E-state index contributed by atoms with van der Waals surface area (Å²) >= 11 is 0. The predicted molar refractivity (Wildman–Crippen MR) is 117 cm³/mol. The molecule has 2 heterocycles. The molecule has 2 N–H and O–H groups in total. The standard InChI is InChI=1S/C21H25N2O9P/c1-3-29-33(28,30-4-2)13-11-15-18(32-20(26)14-8-6-5-7-9-14)17(25)19(31-15)23-12-10-16(24)22-21(23)27/h5-13,15,17-19,25H,3-4H2,1-2H3,(H,22,24,27)/b13-11+/t15-,17-,18-,19-/m1/s1. The number of hydrogen-bond acceptors (Lipinski definition) is 9. The van der Waals surface area contributed by atoms with Gasteiger partial charge in [0.1, 0.15) is 12.2 Å². The average molecular weight is 480 g/mol. The Kier molecular flexibility index (Phi) is 8.17. The maximum Gasteiger partial charge on any atom is 0.353 e. The first kappa shape index (κ1) is 24.8. The minimum Gasteiger partial charge on any atom is -0.453 e. The largest absolute Gasteiger partial charge is 0.453 e. The summed E-state index contributed by atoms with van der Waals surface area (Å²) in [5.74, 6) is 0.438. The number of carbonyl (C=O) groups excluding carboxylic acids is 1. The number of hydrogen-bond donors (Lipinski definition) is 2. The Morgan fingerprint density at radius 3 is 2.45 bits per heavy atom. The number of rotatable bonds is 9. The van der Waals surface area contributed by atoms with Crippen LogP contribution in [0.15, 0.2) is 64.1 Å². The van der Waals surface area contributed by atoms with Gasteiger partial charge in [-0.1, -0.05) is 18.2 Å². The number of aromatic amines is 1. The summed E-state index contributed by atoms with van der Waals surface area (Å²) in [6.45, 7) is 3.55. The third kappa shape index (κ3) is 5.95. The number of aliphatic hydroxyl groups excluding tert-OH is 1. The van der Waals surface area contributed by atoms with Gasteiger partial charge < -0.3 is 23.6 Å². The number of benzene rings is 1. The van der Waals surface area contributed by atoms with Crippen molar-refractivity contribution in [2.75, 3.05) is 13.2 Å². The van der Waals surface area contributed by atoms with Gasteiger partial charge in [0, 0.05) is 18.1 Å². The molecule has 0 unspecified atom stereocenters. The molecule has 178 valence electrons. The van der Waals surface area contributed by atoms with Gasteiger partial charge in [-0.15, -0.1) is 0 Å². The van der Waals surface area contributed by atoms with E-state index in [0.717, 1.165) is 16.8 Å². The summed E-state index contributed by atoms with van der Waals surface area (Å²) in [5.41, 5.74) is -1.20. The molecule has 1 aromatic carbocycles. The topological polar surface area (TPSA) is 146 Å². The lowest BCUT2D eigenvalue weighted by molar-refractivity contribution is -0.0316. The van der Waals surface area contributed by atoms with Gasteiger partial charge >= 0.3 is 19.3 Å². The zero-order valence-electron chi connectivity index (χ0n) is 18.0. The molecule has 1 aliphatic rings. The smallest absolute Gasteiger partial charge is 0.353 e. The van der Waals surface area contributed by atoms with Gasteiger partial charge in [-0.25, -0.2) is 9.59 Å². The Morgan fingerprint density at radius 2 is 1.85 bits per heavy atom. The summed E-state index contributed by atoms with van der Waals surface area (Å²) in [7, 11) is -3.62. The van der Waals surface area contributed by atoms with Crippen LogP contribution in [0.1, 0.15) is 30.4 Å². The van der Waals surface area contributed by atoms with E-state index in [2.05, 4.69) is 4.98 Å². The number of nitrogens with one attached hydrogen (secondary N) is 1. The minimum atomic E-state index is -3.62. The average Bonchev–Trinajstić information content (AvgIpc) is 3.08. The van der Waals surface area contributed by atoms with Crippen molar-refractivity contribution in [3.8, 4) is 0 Å². The van der Waals surface area contributed by atoms with Gasteiger partial charge in [0.05, 0.1) is 18.8 Å². The molecule has 0 bridgehead atoms. The third-order valence-electron chi connectivity index (χ3n) is 4.70. The number of esters is 1. The van der Waals surface area contributed by atoms with Crippen LogP contribution < -0.4 is 11.2 Å². The van der Waals surface area contributed by atoms with Crippen LogP contribution in [0.25, 0.3) is 0 Å². The first-order chi connectivity index (χ1) is 15.8. The van der Waals surface area contributed by atoms with Gasteiger partial charge in [0.25, 0.3) is 5.56 Å². The molecule has 3 rings (SSSR count). The number of nitrogens with zero attached hydrogens (tertiary/aromatic N) is 1. The van der Waals surface area contributed by atoms with Crippen LogP contribution in [0.5, 0.6) is 0 Å². The molecule has 12 heteroatoms. The van der Waals surface area contributed by atoms with Crippen molar-refractivity contribution in [1.82, 2.24) is 9.55 Å². The predicted octanol–water partition coefficient (Wildman–Crippen LogP) is 1.80. The fraction of sp³-hybridized carbons (Fsp3) is 0.381. The highest BCUT2D eigenvalue weighted by atomic mass is 31.2. The zero-order chi connectivity index (χ0) is 24.0.